The quantitative estimate of drug-likeness (QED) is 0.480. The van der Waals surface area contributed by atoms with Gasteiger partial charge in [0.1, 0.15) is 11.5 Å². The maximum absolute atomic E-state index is 5.80. The summed E-state index contributed by atoms with van der Waals surface area (Å²) in [4.78, 5) is 11.6. The van der Waals surface area contributed by atoms with Crippen LogP contribution in [0.4, 0.5) is 0 Å². The third-order valence-electron chi connectivity index (χ3n) is 5.52. The molecule has 0 atom stereocenters. The molecule has 0 bridgehead atoms. The van der Waals surface area contributed by atoms with Gasteiger partial charge < -0.3 is 23.9 Å². The third kappa shape index (κ3) is 4.50. The third-order valence-corrected chi connectivity index (χ3v) is 5.52. The van der Waals surface area contributed by atoms with Crippen molar-refractivity contribution in [1.82, 2.24) is 5.64 Å². The molecule has 166 valence electrons. The van der Waals surface area contributed by atoms with Gasteiger partial charge in [-0.25, -0.2) is 0 Å². The molecule has 0 radical (unpaired) electrons. The molecule has 0 spiro atoms. The standard InChI is InChI=1S/C26H27NO5/c1-5-17-12-18-8-11-23(29-3)13-21(18)16-24(17)31-27-32-26-15-20-7-10-22(28-2)9-6-19(20)14-25(26)30-4/h6,8-16,27H,5,7H2,1-4H3. The second-order valence-corrected chi connectivity index (χ2v) is 7.36. The molecule has 1 N–H and O–H groups in total. The summed E-state index contributed by atoms with van der Waals surface area (Å²) >= 11 is 0. The Morgan fingerprint density at radius 1 is 0.781 bits per heavy atom. The predicted octanol–water partition coefficient (Wildman–Crippen LogP) is 5.40. The number of allylic oxidation sites excluding steroid dienone is 2. The molecule has 0 aromatic heterocycles. The number of benzene rings is 3. The Kier molecular flexibility index (Phi) is 6.52. The molecular formula is C26H27NO5. The van der Waals surface area contributed by atoms with E-state index >= 15 is 0 Å². The van der Waals surface area contributed by atoms with Crippen LogP contribution in [-0.2, 0) is 17.6 Å². The first kappa shape index (κ1) is 21.6. The van der Waals surface area contributed by atoms with E-state index in [4.69, 9.17) is 23.9 Å². The van der Waals surface area contributed by atoms with Crippen molar-refractivity contribution in [1.29, 1.82) is 0 Å². The summed E-state index contributed by atoms with van der Waals surface area (Å²) in [5.74, 6) is 3.45. The maximum atomic E-state index is 5.80. The highest BCUT2D eigenvalue weighted by Gasteiger charge is 2.13. The lowest BCUT2D eigenvalue weighted by molar-refractivity contribution is -0.0214. The normalized spacial score (nSPS) is 12.6. The number of methoxy groups -OCH3 is 3. The van der Waals surface area contributed by atoms with E-state index < -0.39 is 0 Å². The van der Waals surface area contributed by atoms with Gasteiger partial charge in [-0.1, -0.05) is 19.1 Å². The zero-order chi connectivity index (χ0) is 22.5. The topological polar surface area (TPSA) is 58.2 Å². The Balaban J connectivity index is 1.54. The fourth-order valence-corrected chi connectivity index (χ4v) is 3.70. The van der Waals surface area contributed by atoms with Gasteiger partial charge in [-0.3, -0.25) is 0 Å². The molecular weight excluding hydrogens is 406 g/mol. The van der Waals surface area contributed by atoms with E-state index in [0.717, 1.165) is 51.8 Å². The molecule has 6 nitrogen and oxygen atoms in total. The summed E-state index contributed by atoms with van der Waals surface area (Å²) in [7, 11) is 4.93. The highest BCUT2D eigenvalue weighted by Crippen LogP contribution is 2.33. The van der Waals surface area contributed by atoms with Crippen LogP contribution in [0, 0.1) is 0 Å². The molecule has 0 amide bonds. The zero-order valence-electron chi connectivity index (χ0n) is 18.7. The van der Waals surface area contributed by atoms with Crippen LogP contribution in [0.3, 0.4) is 0 Å². The average molecular weight is 434 g/mol. The van der Waals surface area contributed by atoms with Gasteiger partial charge in [-0.05, 0) is 88.9 Å². The van der Waals surface area contributed by atoms with E-state index in [9.17, 15) is 0 Å². The zero-order valence-corrected chi connectivity index (χ0v) is 18.7. The van der Waals surface area contributed by atoms with Gasteiger partial charge in [0.15, 0.2) is 17.2 Å². The van der Waals surface area contributed by atoms with Crippen LogP contribution in [-0.4, -0.2) is 21.3 Å². The second kappa shape index (κ2) is 9.66. The first-order valence-corrected chi connectivity index (χ1v) is 10.5. The summed E-state index contributed by atoms with van der Waals surface area (Å²) in [6, 6.07) is 13.9. The number of fused-ring (bicyclic) bond motifs is 2. The van der Waals surface area contributed by atoms with Crippen LogP contribution in [0.1, 0.15) is 23.6 Å². The van der Waals surface area contributed by atoms with Crippen LogP contribution >= 0.6 is 0 Å². The minimum atomic E-state index is 0.537. The second-order valence-electron chi connectivity index (χ2n) is 7.36. The molecule has 32 heavy (non-hydrogen) atoms. The molecule has 0 fully saturated rings. The largest absolute Gasteiger partial charge is 0.497 e. The fourth-order valence-electron chi connectivity index (χ4n) is 3.70. The Bertz CT molecular complexity index is 1180. The number of hydrogen-bond acceptors (Lipinski definition) is 6. The van der Waals surface area contributed by atoms with E-state index in [1.54, 1.807) is 21.3 Å². The van der Waals surface area contributed by atoms with Crippen molar-refractivity contribution in [2.75, 3.05) is 21.3 Å². The predicted molar refractivity (Wildman–Crippen MR) is 125 cm³/mol. The van der Waals surface area contributed by atoms with Gasteiger partial charge in [-0.2, -0.15) is 0 Å². The molecule has 1 aliphatic carbocycles. The smallest absolute Gasteiger partial charge is 0.193 e. The first-order chi connectivity index (χ1) is 15.6. The number of rotatable bonds is 8. The van der Waals surface area contributed by atoms with Crippen molar-refractivity contribution < 1.29 is 23.9 Å². The molecule has 0 saturated carbocycles. The van der Waals surface area contributed by atoms with Crippen LogP contribution < -0.4 is 24.8 Å². The van der Waals surface area contributed by atoms with Gasteiger partial charge in [0, 0.05) is 5.64 Å². The Morgan fingerprint density at radius 3 is 2.38 bits per heavy atom. The van der Waals surface area contributed by atoms with Crippen molar-refractivity contribution in [2.45, 2.75) is 19.8 Å². The van der Waals surface area contributed by atoms with Crippen LogP contribution in [0.15, 0.2) is 60.4 Å². The van der Waals surface area contributed by atoms with Gasteiger partial charge in [-0.15, -0.1) is 0 Å². The Labute approximate surface area is 187 Å². The summed E-state index contributed by atoms with van der Waals surface area (Å²) in [6.07, 6.45) is 7.51. The first-order valence-electron chi connectivity index (χ1n) is 10.5. The molecule has 0 unspecified atom stereocenters. The molecule has 1 aliphatic rings. The highest BCUT2D eigenvalue weighted by molar-refractivity contribution is 5.86. The minimum Gasteiger partial charge on any atom is -0.497 e. The monoisotopic (exact) mass is 433 g/mol. The van der Waals surface area contributed by atoms with Crippen molar-refractivity contribution >= 4 is 16.8 Å². The molecule has 0 saturated heterocycles. The maximum Gasteiger partial charge on any atom is 0.193 e. The van der Waals surface area contributed by atoms with Gasteiger partial charge in [0.2, 0.25) is 0 Å². The van der Waals surface area contributed by atoms with E-state index in [-0.39, 0.29) is 0 Å². The summed E-state index contributed by atoms with van der Waals surface area (Å²) in [6.45, 7) is 2.09. The SMILES string of the molecule is CCc1cc2ccc(OC)cc2cc1ONOc1cc2c(cc1OC)C=CC(OC)=CC2. The molecule has 3 aromatic rings. The van der Waals surface area contributed by atoms with E-state index in [1.807, 2.05) is 54.6 Å². The van der Waals surface area contributed by atoms with E-state index in [1.165, 1.54) is 0 Å². The summed E-state index contributed by atoms with van der Waals surface area (Å²) < 4.78 is 16.2. The van der Waals surface area contributed by atoms with Crippen LogP contribution in [0.25, 0.3) is 16.8 Å². The Morgan fingerprint density at radius 2 is 1.62 bits per heavy atom. The van der Waals surface area contributed by atoms with Gasteiger partial charge >= 0.3 is 0 Å². The minimum absolute atomic E-state index is 0.537. The lowest BCUT2D eigenvalue weighted by Crippen LogP contribution is -2.23. The number of aryl methyl sites for hydroxylation is 1. The molecule has 0 aliphatic heterocycles. The number of ether oxygens (including phenoxy) is 3. The van der Waals surface area contributed by atoms with Gasteiger partial charge in [0.05, 0.1) is 21.3 Å². The average Bonchev–Trinajstić information content (AvgIpc) is 3.04. The number of nitrogens with one attached hydrogen (secondary N) is 1. The van der Waals surface area contributed by atoms with E-state index in [2.05, 4.69) is 18.6 Å². The van der Waals surface area contributed by atoms with Gasteiger partial charge in [0.25, 0.3) is 0 Å². The fraction of sp³-hybridized carbons (Fsp3) is 0.231. The van der Waals surface area contributed by atoms with Crippen LogP contribution in [0.2, 0.25) is 0 Å². The summed E-state index contributed by atoms with van der Waals surface area (Å²) in [5, 5.41) is 2.15. The molecule has 6 heteroatoms. The van der Waals surface area contributed by atoms with Crippen molar-refractivity contribution in [3.05, 3.63) is 77.1 Å². The number of hydrogen-bond donors (Lipinski definition) is 1. The van der Waals surface area contributed by atoms with Crippen molar-refractivity contribution in [3.8, 4) is 23.0 Å². The van der Waals surface area contributed by atoms with Crippen molar-refractivity contribution in [2.24, 2.45) is 0 Å². The molecule has 0 heterocycles. The lowest BCUT2D eigenvalue weighted by atomic mass is 10.0. The highest BCUT2D eigenvalue weighted by atomic mass is 16.9. The van der Waals surface area contributed by atoms with Crippen LogP contribution in [0.5, 0.6) is 23.0 Å². The Hall–Kier alpha value is -3.64. The summed E-state index contributed by atoms with van der Waals surface area (Å²) in [5.41, 5.74) is 5.84. The van der Waals surface area contributed by atoms with E-state index in [0.29, 0.717) is 17.2 Å². The lowest BCUT2D eigenvalue weighted by Gasteiger charge is -2.16. The molecule has 3 aromatic carbocycles. The van der Waals surface area contributed by atoms with Crippen molar-refractivity contribution in [3.63, 3.8) is 0 Å². The molecule has 4 rings (SSSR count).